The summed E-state index contributed by atoms with van der Waals surface area (Å²) in [5.74, 6) is 0.788. The van der Waals surface area contributed by atoms with Crippen LogP contribution in [0.5, 0.6) is 0 Å². The van der Waals surface area contributed by atoms with Gasteiger partial charge in [-0.1, -0.05) is 6.92 Å². The van der Waals surface area contributed by atoms with Crippen LogP contribution in [0.3, 0.4) is 0 Å². The molecule has 0 aliphatic heterocycles. The summed E-state index contributed by atoms with van der Waals surface area (Å²) in [7, 11) is 1.78. The second kappa shape index (κ2) is 7.71. The third-order valence-electron chi connectivity index (χ3n) is 3.69. The Labute approximate surface area is 136 Å². The van der Waals surface area contributed by atoms with E-state index >= 15 is 0 Å². The standard InChI is InChI=1S/C16H24N6O/c1-5-14(15-18-11-19-22(15)6-2)20-16(23)21(4)10-13-7-8-17-12(3)9-13/h7-9,11,14H,5-6,10H2,1-4H3,(H,20,23)/t14-/m1/s1. The molecule has 23 heavy (non-hydrogen) atoms. The molecule has 7 heteroatoms. The van der Waals surface area contributed by atoms with Crippen LogP contribution in [0.25, 0.3) is 0 Å². The van der Waals surface area contributed by atoms with E-state index in [-0.39, 0.29) is 12.1 Å². The number of aromatic nitrogens is 4. The molecule has 0 bridgehead atoms. The highest BCUT2D eigenvalue weighted by Gasteiger charge is 2.20. The van der Waals surface area contributed by atoms with Gasteiger partial charge in [0.1, 0.15) is 12.2 Å². The van der Waals surface area contributed by atoms with Gasteiger partial charge in [-0.05, 0) is 38.0 Å². The van der Waals surface area contributed by atoms with Crippen molar-refractivity contribution in [1.29, 1.82) is 0 Å². The van der Waals surface area contributed by atoms with E-state index in [1.165, 1.54) is 6.33 Å². The second-order valence-electron chi connectivity index (χ2n) is 5.51. The molecule has 2 amide bonds. The topological polar surface area (TPSA) is 75.9 Å². The van der Waals surface area contributed by atoms with Crippen molar-refractivity contribution in [2.75, 3.05) is 7.05 Å². The molecular weight excluding hydrogens is 292 g/mol. The summed E-state index contributed by atoms with van der Waals surface area (Å²) in [4.78, 5) is 22.5. The first-order valence-corrected chi connectivity index (χ1v) is 7.86. The average Bonchev–Trinajstić information content (AvgIpc) is 3.00. The first-order valence-electron chi connectivity index (χ1n) is 7.86. The number of pyridine rings is 1. The monoisotopic (exact) mass is 316 g/mol. The molecule has 124 valence electrons. The van der Waals surface area contributed by atoms with Crippen LogP contribution in [-0.2, 0) is 13.1 Å². The summed E-state index contributed by atoms with van der Waals surface area (Å²) in [5.41, 5.74) is 2.00. The molecule has 0 aliphatic carbocycles. The highest BCUT2D eigenvalue weighted by Crippen LogP contribution is 2.14. The maximum absolute atomic E-state index is 12.4. The number of hydrogen-bond acceptors (Lipinski definition) is 4. The van der Waals surface area contributed by atoms with Crippen LogP contribution < -0.4 is 5.32 Å². The predicted molar refractivity (Wildman–Crippen MR) is 87.7 cm³/mol. The van der Waals surface area contributed by atoms with Crippen molar-refractivity contribution in [3.05, 3.63) is 41.7 Å². The number of urea groups is 1. The molecule has 2 rings (SSSR count). The smallest absolute Gasteiger partial charge is 0.318 e. The number of hydrogen-bond donors (Lipinski definition) is 1. The first kappa shape index (κ1) is 16.9. The van der Waals surface area contributed by atoms with Crippen molar-refractivity contribution in [2.24, 2.45) is 0 Å². The van der Waals surface area contributed by atoms with Gasteiger partial charge in [-0.25, -0.2) is 14.5 Å². The third-order valence-corrected chi connectivity index (χ3v) is 3.69. The minimum Gasteiger partial charge on any atom is -0.328 e. The van der Waals surface area contributed by atoms with Crippen molar-refractivity contribution >= 4 is 6.03 Å². The number of nitrogens with zero attached hydrogens (tertiary/aromatic N) is 5. The van der Waals surface area contributed by atoms with Crippen LogP contribution >= 0.6 is 0 Å². The normalized spacial score (nSPS) is 12.0. The lowest BCUT2D eigenvalue weighted by Gasteiger charge is -2.22. The van der Waals surface area contributed by atoms with Gasteiger partial charge in [-0.3, -0.25) is 4.98 Å². The van der Waals surface area contributed by atoms with Gasteiger partial charge in [-0.15, -0.1) is 0 Å². The number of amides is 2. The van der Waals surface area contributed by atoms with E-state index in [1.807, 2.05) is 32.9 Å². The quantitative estimate of drug-likeness (QED) is 0.887. The molecule has 0 unspecified atom stereocenters. The minimum atomic E-state index is -0.147. The van der Waals surface area contributed by atoms with Crippen molar-refractivity contribution in [3.63, 3.8) is 0 Å². The molecule has 0 saturated carbocycles. The predicted octanol–water partition coefficient (Wildman–Crippen LogP) is 2.29. The molecule has 0 aromatic carbocycles. The fourth-order valence-electron chi connectivity index (χ4n) is 2.44. The van der Waals surface area contributed by atoms with E-state index in [0.29, 0.717) is 6.54 Å². The Morgan fingerprint density at radius 2 is 2.17 bits per heavy atom. The lowest BCUT2D eigenvalue weighted by Crippen LogP contribution is -2.39. The number of rotatable bonds is 6. The maximum Gasteiger partial charge on any atom is 0.318 e. The minimum absolute atomic E-state index is 0.128. The molecule has 2 aromatic rings. The molecule has 1 atom stereocenters. The molecule has 0 aliphatic rings. The van der Waals surface area contributed by atoms with Gasteiger partial charge in [0, 0.05) is 32.0 Å². The number of aryl methyl sites for hydroxylation is 2. The highest BCUT2D eigenvalue weighted by atomic mass is 16.2. The van der Waals surface area contributed by atoms with Crippen molar-refractivity contribution in [3.8, 4) is 0 Å². The lowest BCUT2D eigenvalue weighted by molar-refractivity contribution is 0.201. The molecule has 0 saturated heterocycles. The van der Waals surface area contributed by atoms with Gasteiger partial charge in [0.2, 0.25) is 0 Å². The van der Waals surface area contributed by atoms with Gasteiger partial charge < -0.3 is 10.2 Å². The second-order valence-corrected chi connectivity index (χ2v) is 5.51. The third kappa shape index (κ3) is 4.28. The molecule has 1 N–H and O–H groups in total. The van der Waals surface area contributed by atoms with Gasteiger partial charge in [0.15, 0.2) is 0 Å². The number of nitrogens with one attached hydrogen (secondary N) is 1. The molecule has 2 heterocycles. The fourth-order valence-corrected chi connectivity index (χ4v) is 2.44. The zero-order valence-electron chi connectivity index (χ0n) is 14.2. The number of carbonyl (C=O) groups excluding carboxylic acids is 1. The first-order chi connectivity index (χ1) is 11.0. The van der Waals surface area contributed by atoms with Crippen LogP contribution in [-0.4, -0.2) is 37.7 Å². The highest BCUT2D eigenvalue weighted by molar-refractivity contribution is 5.74. The largest absolute Gasteiger partial charge is 0.328 e. The van der Waals surface area contributed by atoms with E-state index in [1.54, 1.807) is 22.8 Å². The molecule has 0 spiro atoms. The summed E-state index contributed by atoms with van der Waals surface area (Å²) in [6.45, 7) is 7.23. The lowest BCUT2D eigenvalue weighted by atomic mass is 10.2. The van der Waals surface area contributed by atoms with Crippen molar-refractivity contribution in [2.45, 2.75) is 46.3 Å². The summed E-state index contributed by atoms with van der Waals surface area (Å²) in [5, 5.41) is 7.19. The molecule has 7 nitrogen and oxygen atoms in total. The van der Waals surface area contributed by atoms with E-state index < -0.39 is 0 Å². The SMILES string of the molecule is CC[C@@H](NC(=O)N(C)Cc1ccnc(C)c1)c1ncnn1CC. The van der Waals surface area contributed by atoms with Crippen LogP contribution in [0.1, 0.15) is 43.4 Å². The Balaban J connectivity index is 2.01. The van der Waals surface area contributed by atoms with Gasteiger partial charge in [0.05, 0.1) is 6.04 Å². The summed E-state index contributed by atoms with van der Waals surface area (Å²) in [6, 6.07) is 3.62. The Morgan fingerprint density at radius 3 is 2.83 bits per heavy atom. The molecule has 0 fully saturated rings. The molecular formula is C16H24N6O. The summed E-state index contributed by atoms with van der Waals surface area (Å²) in [6.07, 6.45) is 4.04. The summed E-state index contributed by atoms with van der Waals surface area (Å²) >= 11 is 0. The zero-order valence-corrected chi connectivity index (χ0v) is 14.2. The van der Waals surface area contributed by atoms with Crippen molar-refractivity contribution < 1.29 is 4.79 Å². The van der Waals surface area contributed by atoms with Crippen LogP contribution in [0.15, 0.2) is 24.7 Å². The maximum atomic E-state index is 12.4. The molecule has 2 aromatic heterocycles. The van der Waals surface area contributed by atoms with Crippen LogP contribution in [0, 0.1) is 6.92 Å². The average molecular weight is 316 g/mol. The van der Waals surface area contributed by atoms with Gasteiger partial charge in [-0.2, -0.15) is 5.10 Å². The van der Waals surface area contributed by atoms with E-state index in [9.17, 15) is 4.79 Å². The zero-order chi connectivity index (χ0) is 16.8. The van der Waals surface area contributed by atoms with Gasteiger partial charge >= 0.3 is 6.03 Å². The Hall–Kier alpha value is -2.44. The van der Waals surface area contributed by atoms with Gasteiger partial charge in [0.25, 0.3) is 0 Å². The van der Waals surface area contributed by atoms with Crippen LogP contribution in [0.4, 0.5) is 4.79 Å². The van der Waals surface area contributed by atoms with Crippen molar-refractivity contribution in [1.82, 2.24) is 30.0 Å². The van der Waals surface area contributed by atoms with E-state index in [0.717, 1.165) is 30.0 Å². The van der Waals surface area contributed by atoms with E-state index in [2.05, 4.69) is 20.4 Å². The Bertz CT molecular complexity index is 654. The van der Waals surface area contributed by atoms with E-state index in [4.69, 9.17) is 0 Å². The Kier molecular flexibility index (Phi) is 5.67. The number of carbonyl (C=O) groups is 1. The fraction of sp³-hybridized carbons (Fsp3) is 0.500. The molecule has 0 radical (unpaired) electrons. The van der Waals surface area contributed by atoms with Crippen LogP contribution in [0.2, 0.25) is 0 Å². The Morgan fingerprint density at radius 1 is 1.39 bits per heavy atom. The summed E-state index contributed by atoms with van der Waals surface area (Å²) < 4.78 is 1.81.